The van der Waals surface area contributed by atoms with Crippen molar-refractivity contribution in [3.8, 4) is 5.88 Å². The zero-order valence-electron chi connectivity index (χ0n) is 13.1. The second-order valence-electron chi connectivity index (χ2n) is 5.49. The molecule has 2 aromatic carbocycles. The molecule has 24 heavy (non-hydrogen) atoms. The number of hydrogen-bond acceptors (Lipinski definition) is 4. The first kappa shape index (κ1) is 15.2. The molecule has 1 aromatic heterocycles. The van der Waals surface area contributed by atoms with Crippen molar-refractivity contribution < 1.29 is 9.94 Å². The van der Waals surface area contributed by atoms with E-state index in [4.69, 9.17) is 9.83 Å². The maximum absolute atomic E-state index is 10.8. The summed E-state index contributed by atoms with van der Waals surface area (Å²) < 4.78 is 2.85. The van der Waals surface area contributed by atoms with Gasteiger partial charge in [-0.1, -0.05) is 35.5 Å². The summed E-state index contributed by atoms with van der Waals surface area (Å²) in [4.78, 5) is 9.74. The van der Waals surface area contributed by atoms with E-state index in [-0.39, 0.29) is 5.88 Å². The Hall–Kier alpha value is -2.35. The van der Waals surface area contributed by atoms with Crippen LogP contribution in [0.4, 0.5) is 5.69 Å². The van der Waals surface area contributed by atoms with Gasteiger partial charge in [-0.2, -0.15) is 0 Å². The number of rotatable bonds is 2. The van der Waals surface area contributed by atoms with Gasteiger partial charge in [-0.15, -0.1) is 0 Å². The van der Waals surface area contributed by atoms with Crippen LogP contribution < -0.4 is 0 Å². The highest BCUT2D eigenvalue weighted by molar-refractivity contribution is 14.1. The molecular formula is C18H14IN3O2. The van der Waals surface area contributed by atoms with Gasteiger partial charge in [-0.25, -0.2) is 4.99 Å². The van der Waals surface area contributed by atoms with E-state index in [1.165, 1.54) is 7.11 Å². The van der Waals surface area contributed by atoms with Crippen molar-refractivity contribution in [2.45, 2.75) is 0 Å². The van der Waals surface area contributed by atoms with Gasteiger partial charge in [-0.3, -0.25) is 0 Å². The van der Waals surface area contributed by atoms with Gasteiger partial charge in [0.25, 0.3) is 0 Å². The molecule has 0 saturated heterocycles. The molecule has 6 heteroatoms. The molecule has 4 rings (SSSR count). The normalized spacial score (nSPS) is 15.0. The Balaban J connectivity index is 2.04. The Bertz CT molecular complexity index is 1030. The smallest absolute Gasteiger partial charge is 0.201 e. The van der Waals surface area contributed by atoms with E-state index in [1.807, 2.05) is 49.5 Å². The van der Waals surface area contributed by atoms with Crippen molar-refractivity contribution in [1.82, 2.24) is 4.57 Å². The van der Waals surface area contributed by atoms with Crippen molar-refractivity contribution in [1.29, 1.82) is 0 Å². The Kier molecular flexibility index (Phi) is 3.56. The molecule has 5 nitrogen and oxygen atoms in total. The van der Waals surface area contributed by atoms with Gasteiger partial charge in [0.15, 0.2) is 0 Å². The number of aryl methyl sites for hydroxylation is 1. The van der Waals surface area contributed by atoms with E-state index in [1.54, 1.807) is 4.57 Å². The standard InChI is InChI=1S/C18H14IN3O2/c1-22-17-11(7-5-8-12(17)19)14(18(22)23)16-15(21-24-2)10-6-3-4-9-13(10)20-16/h3-9,23H,1-2H3/b21-15+. The van der Waals surface area contributed by atoms with Crippen LogP contribution in [-0.4, -0.2) is 28.2 Å². The van der Waals surface area contributed by atoms with Gasteiger partial charge >= 0.3 is 0 Å². The number of oxime groups is 1. The zero-order chi connectivity index (χ0) is 16.8. The van der Waals surface area contributed by atoms with Crippen LogP contribution in [0.15, 0.2) is 52.6 Å². The molecular weight excluding hydrogens is 417 g/mol. The number of aromatic nitrogens is 1. The summed E-state index contributed by atoms with van der Waals surface area (Å²) in [6.45, 7) is 0. The minimum Gasteiger partial charge on any atom is -0.494 e. The Morgan fingerprint density at radius 2 is 1.96 bits per heavy atom. The molecule has 2 heterocycles. The number of aromatic hydroxyl groups is 1. The van der Waals surface area contributed by atoms with Gasteiger partial charge in [0, 0.05) is 21.6 Å². The third-order valence-electron chi connectivity index (χ3n) is 4.17. The van der Waals surface area contributed by atoms with Crippen LogP contribution in [0.5, 0.6) is 5.88 Å². The second-order valence-corrected chi connectivity index (χ2v) is 6.66. The van der Waals surface area contributed by atoms with E-state index in [9.17, 15) is 5.11 Å². The fourth-order valence-corrected chi connectivity index (χ4v) is 3.98. The molecule has 0 unspecified atom stereocenters. The lowest BCUT2D eigenvalue weighted by Crippen LogP contribution is -2.13. The monoisotopic (exact) mass is 431 g/mol. The van der Waals surface area contributed by atoms with Crippen LogP contribution in [-0.2, 0) is 11.9 Å². The SMILES string of the molecule is CO/N=C1/C(c2c(O)n(C)c3c(I)cccc23)=Nc2ccccc21. The molecule has 0 radical (unpaired) electrons. The summed E-state index contributed by atoms with van der Waals surface area (Å²) in [6, 6.07) is 13.7. The highest BCUT2D eigenvalue weighted by Gasteiger charge is 2.30. The molecule has 3 aromatic rings. The fourth-order valence-electron chi connectivity index (χ4n) is 3.12. The highest BCUT2D eigenvalue weighted by Crippen LogP contribution is 2.38. The minimum atomic E-state index is 0.171. The maximum Gasteiger partial charge on any atom is 0.201 e. The number of para-hydroxylation sites is 2. The van der Waals surface area contributed by atoms with E-state index < -0.39 is 0 Å². The second kappa shape index (κ2) is 5.62. The number of aliphatic imine (C=N–C) groups is 1. The van der Waals surface area contributed by atoms with Crippen LogP contribution in [0, 0.1) is 3.57 Å². The quantitative estimate of drug-likeness (QED) is 0.493. The highest BCUT2D eigenvalue weighted by atomic mass is 127. The number of nitrogens with zero attached hydrogens (tertiary/aromatic N) is 3. The predicted molar refractivity (Wildman–Crippen MR) is 103 cm³/mol. The molecule has 0 fully saturated rings. The van der Waals surface area contributed by atoms with Crippen molar-refractivity contribution >= 4 is 50.6 Å². The average molecular weight is 431 g/mol. The Labute approximate surface area is 152 Å². The summed E-state index contributed by atoms with van der Waals surface area (Å²) in [5.74, 6) is 0.171. The number of fused-ring (bicyclic) bond motifs is 2. The van der Waals surface area contributed by atoms with Gasteiger partial charge in [0.05, 0.1) is 16.8 Å². The van der Waals surface area contributed by atoms with Gasteiger partial charge in [-0.05, 0) is 34.7 Å². The van der Waals surface area contributed by atoms with E-state index in [0.717, 1.165) is 25.7 Å². The summed E-state index contributed by atoms with van der Waals surface area (Å²) >= 11 is 2.27. The topological polar surface area (TPSA) is 59.1 Å². The van der Waals surface area contributed by atoms with Crippen LogP contribution in [0.3, 0.4) is 0 Å². The lowest BCUT2D eigenvalue weighted by Gasteiger charge is -2.03. The summed E-state index contributed by atoms with van der Waals surface area (Å²) in [6.07, 6.45) is 0. The van der Waals surface area contributed by atoms with Gasteiger partial charge in [0.2, 0.25) is 5.88 Å². The maximum atomic E-state index is 10.8. The van der Waals surface area contributed by atoms with E-state index in [2.05, 4.69) is 27.7 Å². The van der Waals surface area contributed by atoms with Crippen LogP contribution in [0.2, 0.25) is 0 Å². The van der Waals surface area contributed by atoms with Crippen LogP contribution in [0.25, 0.3) is 10.9 Å². The van der Waals surface area contributed by atoms with Crippen molar-refractivity contribution in [3.63, 3.8) is 0 Å². The Morgan fingerprint density at radius 3 is 2.75 bits per heavy atom. The molecule has 0 amide bonds. The number of halogens is 1. The van der Waals surface area contributed by atoms with Crippen molar-refractivity contribution in [3.05, 3.63) is 57.2 Å². The van der Waals surface area contributed by atoms with E-state index >= 15 is 0 Å². The van der Waals surface area contributed by atoms with Crippen molar-refractivity contribution in [2.75, 3.05) is 7.11 Å². The van der Waals surface area contributed by atoms with Crippen LogP contribution >= 0.6 is 22.6 Å². The fraction of sp³-hybridized carbons (Fsp3) is 0.111. The first-order valence-electron chi connectivity index (χ1n) is 7.39. The lowest BCUT2D eigenvalue weighted by molar-refractivity contribution is 0.214. The molecule has 0 spiro atoms. The molecule has 1 aliphatic rings. The summed E-state index contributed by atoms with van der Waals surface area (Å²) in [5.41, 5.74) is 4.64. The first-order valence-corrected chi connectivity index (χ1v) is 8.47. The number of hydrogen-bond donors (Lipinski definition) is 1. The summed E-state index contributed by atoms with van der Waals surface area (Å²) in [7, 11) is 3.36. The number of benzene rings is 2. The Morgan fingerprint density at radius 1 is 1.17 bits per heavy atom. The van der Waals surface area contributed by atoms with Crippen molar-refractivity contribution in [2.24, 2.45) is 17.2 Å². The molecule has 0 atom stereocenters. The van der Waals surface area contributed by atoms with Gasteiger partial charge in [0.1, 0.15) is 18.5 Å². The van der Waals surface area contributed by atoms with Gasteiger partial charge < -0.3 is 14.5 Å². The molecule has 0 bridgehead atoms. The molecule has 0 saturated carbocycles. The lowest BCUT2D eigenvalue weighted by atomic mass is 10.0. The zero-order valence-corrected chi connectivity index (χ0v) is 15.3. The van der Waals surface area contributed by atoms with E-state index in [0.29, 0.717) is 17.0 Å². The first-order chi connectivity index (χ1) is 11.6. The largest absolute Gasteiger partial charge is 0.494 e. The van der Waals surface area contributed by atoms with Crippen LogP contribution in [0.1, 0.15) is 11.1 Å². The average Bonchev–Trinajstić information content (AvgIpc) is 3.05. The third kappa shape index (κ3) is 2.06. The predicted octanol–water partition coefficient (Wildman–Crippen LogP) is 3.97. The third-order valence-corrected chi connectivity index (χ3v) is 5.04. The molecule has 1 N–H and O–H groups in total. The molecule has 120 valence electrons. The minimum absolute atomic E-state index is 0.171. The summed E-state index contributed by atoms with van der Waals surface area (Å²) in [5, 5.41) is 15.9. The molecule has 0 aliphatic carbocycles. The molecule has 1 aliphatic heterocycles.